The molecule has 0 rings (SSSR count). The van der Waals surface area contributed by atoms with E-state index in [2.05, 4.69) is 6.58 Å². The summed E-state index contributed by atoms with van der Waals surface area (Å²) >= 11 is 0. The van der Waals surface area contributed by atoms with Crippen molar-refractivity contribution in [2.24, 2.45) is 0 Å². The molecular formula is C10H12FN. The zero-order chi connectivity index (χ0) is 9.56. The Balaban J connectivity index is 4.19. The lowest BCUT2D eigenvalue weighted by molar-refractivity contribution is 0.429. The van der Waals surface area contributed by atoms with Crippen molar-refractivity contribution in [1.82, 2.24) is 0 Å². The molecule has 0 aromatic carbocycles. The molecule has 1 atom stereocenters. The summed E-state index contributed by atoms with van der Waals surface area (Å²) in [6, 6.07) is 1.87. The summed E-state index contributed by atoms with van der Waals surface area (Å²) in [5.74, 6) is 0. The normalized spacial score (nSPS) is 14.3. The Kier molecular flexibility index (Phi) is 4.71. The quantitative estimate of drug-likeness (QED) is 0.466. The molecule has 2 heteroatoms. The maximum Gasteiger partial charge on any atom is 0.116 e. The SMILES string of the molecule is C=C(C#N)/C=C\C(C)=C/C(C)F. The molecule has 0 N–H and O–H groups in total. The molecule has 0 bridgehead atoms. The molecule has 1 nitrogen and oxygen atoms in total. The van der Waals surface area contributed by atoms with Crippen molar-refractivity contribution in [3.63, 3.8) is 0 Å². The van der Waals surface area contributed by atoms with E-state index in [4.69, 9.17) is 5.26 Å². The van der Waals surface area contributed by atoms with Gasteiger partial charge in [0, 0.05) is 5.57 Å². The van der Waals surface area contributed by atoms with E-state index in [0.29, 0.717) is 5.57 Å². The van der Waals surface area contributed by atoms with Crippen molar-refractivity contribution in [3.8, 4) is 6.07 Å². The molecule has 0 heterocycles. The fourth-order valence-corrected chi connectivity index (χ4v) is 0.687. The van der Waals surface area contributed by atoms with Crippen LogP contribution in [0.15, 0.2) is 36.0 Å². The highest BCUT2D eigenvalue weighted by molar-refractivity contribution is 5.33. The summed E-state index contributed by atoms with van der Waals surface area (Å²) in [4.78, 5) is 0. The second-order valence-corrected chi connectivity index (χ2v) is 2.56. The minimum absolute atomic E-state index is 0.370. The van der Waals surface area contributed by atoms with E-state index < -0.39 is 6.17 Å². The monoisotopic (exact) mass is 165 g/mol. The van der Waals surface area contributed by atoms with Crippen LogP contribution in [-0.2, 0) is 0 Å². The number of nitriles is 1. The van der Waals surface area contributed by atoms with E-state index in [9.17, 15) is 4.39 Å². The van der Waals surface area contributed by atoms with Crippen molar-refractivity contribution in [2.45, 2.75) is 20.0 Å². The highest BCUT2D eigenvalue weighted by Crippen LogP contribution is 2.02. The second-order valence-electron chi connectivity index (χ2n) is 2.56. The van der Waals surface area contributed by atoms with Gasteiger partial charge in [-0.05, 0) is 26.0 Å². The van der Waals surface area contributed by atoms with E-state index in [-0.39, 0.29) is 0 Å². The van der Waals surface area contributed by atoms with Gasteiger partial charge in [-0.15, -0.1) is 0 Å². The van der Waals surface area contributed by atoms with Gasteiger partial charge in [0.1, 0.15) is 6.17 Å². The molecule has 0 aromatic rings. The Labute approximate surface area is 72.5 Å². The van der Waals surface area contributed by atoms with E-state index in [0.717, 1.165) is 5.57 Å². The van der Waals surface area contributed by atoms with E-state index in [1.54, 1.807) is 19.1 Å². The van der Waals surface area contributed by atoms with Crippen molar-refractivity contribution in [1.29, 1.82) is 5.26 Å². The zero-order valence-corrected chi connectivity index (χ0v) is 7.34. The number of hydrogen-bond donors (Lipinski definition) is 0. The predicted molar refractivity (Wildman–Crippen MR) is 48.2 cm³/mol. The minimum Gasteiger partial charge on any atom is -0.243 e. The number of halogens is 1. The minimum atomic E-state index is -0.954. The summed E-state index contributed by atoms with van der Waals surface area (Å²) in [5, 5.41) is 8.34. The zero-order valence-electron chi connectivity index (χ0n) is 7.34. The number of rotatable bonds is 3. The predicted octanol–water partition coefficient (Wildman–Crippen LogP) is 2.93. The molecule has 0 saturated carbocycles. The largest absolute Gasteiger partial charge is 0.243 e. The molecule has 0 fully saturated rings. The van der Waals surface area contributed by atoms with Gasteiger partial charge < -0.3 is 0 Å². The number of alkyl halides is 1. The Morgan fingerprint density at radius 1 is 1.58 bits per heavy atom. The lowest BCUT2D eigenvalue weighted by atomic mass is 10.2. The van der Waals surface area contributed by atoms with Crippen molar-refractivity contribution < 1.29 is 4.39 Å². The van der Waals surface area contributed by atoms with Gasteiger partial charge in [0.25, 0.3) is 0 Å². The molecule has 0 aromatic heterocycles. The Hall–Kier alpha value is -1.36. The smallest absolute Gasteiger partial charge is 0.116 e. The van der Waals surface area contributed by atoms with Crippen LogP contribution in [0.1, 0.15) is 13.8 Å². The molecule has 12 heavy (non-hydrogen) atoms. The van der Waals surface area contributed by atoms with Gasteiger partial charge in [0.15, 0.2) is 0 Å². The van der Waals surface area contributed by atoms with Gasteiger partial charge >= 0.3 is 0 Å². The fourth-order valence-electron chi connectivity index (χ4n) is 0.687. The first-order chi connectivity index (χ1) is 5.56. The van der Waals surface area contributed by atoms with Crippen LogP contribution < -0.4 is 0 Å². The van der Waals surface area contributed by atoms with Gasteiger partial charge in [0.05, 0.1) is 6.07 Å². The van der Waals surface area contributed by atoms with Crippen molar-refractivity contribution >= 4 is 0 Å². The third kappa shape index (κ3) is 5.43. The van der Waals surface area contributed by atoms with Crippen LogP contribution in [0.2, 0.25) is 0 Å². The van der Waals surface area contributed by atoms with Gasteiger partial charge in [-0.25, -0.2) is 4.39 Å². The Morgan fingerprint density at radius 2 is 2.17 bits per heavy atom. The van der Waals surface area contributed by atoms with Crippen LogP contribution in [0.5, 0.6) is 0 Å². The van der Waals surface area contributed by atoms with Crippen molar-refractivity contribution in [2.75, 3.05) is 0 Å². The van der Waals surface area contributed by atoms with Gasteiger partial charge in [0.2, 0.25) is 0 Å². The summed E-state index contributed by atoms with van der Waals surface area (Å²) < 4.78 is 12.4. The van der Waals surface area contributed by atoms with Crippen LogP contribution in [0.3, 0.4) is 0 Å². The molecule has 0 radical (unpaired) electrons. The Bertz CT molecular complexity index is 254. The molecule has 0 aliphatic rings. The topological polar surface area (TPSA) is 23.8 Å². The van der Waals surface area contributed by atoms with E-state index in [1.165, 1.54) is 13.0 Å². The fraction of sp³-hybridized carbons (Fsp3) is 0.300. The summed E-state index contributed by atoms with van der Waals surface area (Å²) in [5.41, 5.74) is 1.16. The first-order valence-electron chi connectivity index (χ1n) is 3.66. The summed E-state index contributed by atoms with van der Waals surface area (Å²) in [6.07, 6.45) is 3.75. The van der Waals surface area contributed by atoms with Crippen LogP contribution in [-0.4, -0.2) is 6.17 Å². The van der Waals surface area contributed by atoms with E-state index in [1.807, 2.05) is 6.07 Å². The molecule has 64 valence electrons. The summed E-state index contributed by atoms with van der Waals surface area (Å²) in [6.45, 7) is 6.69. The van der Waals surface area contributed by atoms with Crippen molar-refractivity contribution in [3.05, 3.63) is 36.0 Å². The van der Waals surface area contributed by atoms with Gasteiger partial charge in [-0.3, -0.25) is 0 Å². The maximum absolute atomic E-state index is 12.4. The van der Waals surface area contributed by atoms with Gasteiger partial charge in [-0.1, -0.05) is 18.2 Å². The molecule has 1 unspecified atom stereocenters. The lowest BCUT2D eigenvalue weighted by Crippen LogP contribution is -1.85. The average molecular weight is 165 g/mol. The highest BCUT2D eigenvalue weighted by atomic mass is 19.1. The van der Waals surface area contributed by atoms with Crippen LogP contribution in [0.25, 0.3) is 0 Å². The lowest BCUT2D eigenvalue weighted by Gasteiger charge is -1.93. The summed E-state index contributed by atoms with van der Waals surface area (Å²) in [7, 11) is 0. The average Bonchev–Trinajstić information content (AvgIpc) is 1.99. The number of nitrogens with zero attached hydrogens (tertiary/aromatic N) is 1. The highest BCUT2D eigenvalue weighted by Gasteiger charge is 1.90. The maximum atomic E-state index is 12.4. The van der Waals surface area contributed by atoms with E-state index >= 15 is 0 Å². The number of allylic oxidation sites excluding steroid dienone is 5. The molecule has 0 amide bonds. The van der Waals surface area contributed by atoms with Crippen LogP contribution >= 0.6 is 0 Å². The first kappa shape index (κ1) is 10.6. The van der Waals surface area contributed by atoms with Gasteiger partial charge in [-0.2, -0.15) is 5.26 Å². The second kappa shape index (κ2) is 5.31. The Morgan fingerprint density at radius 3 is 2.58 bits per heavy atom. The molecule has 0 aliphatic heterocycles. The molecular weight excluding hydrogens is 153 g/mol. The first-order valence-corrected chi connectivity index (χ1v) is 3.66. The molecule has 0 spiro atoms. The third-order valence-corrected chi connectivity index (χ3v) is 1.18. The third-order valence-electron chi connectivity index (χ3n) is 1.18. The standard InChI is InChI=1S/C10H12FN/c1-8(6-10(3)11)4-5-9(2)7-12/h4-6,10H,2H2,1,3H3/b5-4-,8-6-. The van der Waals surface area contributed by atoms with Crippen LogP contribution in [0.4, 0.5) is 4.39 Å². The van der Waals surface area contributed by atoms with Crippen LogP contribution in [0, 0.1) is 11.3 Å². The number of hydrogen-bond acceptors (Lipinski definition) is 1. The molecule has 0 aliphatic carbocycles. The molecule has 0 saturated heterocycles.